The van der Waals surface area contributed by atoms with Crippen LogP contribution in [0.1, 0.15) is 20.8 Å². The van der Waals surface area contributed by atoms with E-state index in [9.17, 15) is 9.59 Å². The molecule has 2 aromatic rings. The Morgan fingerprint density at radius 2 is 1.83 bits per heavy atom. The zero-order valence-electron chi connectivity index (χ0n) is 9.33. The average Bonchev–Trinajstić information content (AvgIpc) is 2.39. The Morgan fingerprint density at radius 1 is 1.11 bits per heavy atom. The molecule has 5 nitrogen and oxygen atoms in total. The lowest BCUT2D eigenvalue weighted by Crippen LogP contribution is -2.10. The quantitative estimate of drug-likeness (QED) is 0.853. The second-order valence-electron chi connectivity index (χ2n) is 3.68. The second kappa shape index (κ2) is 4.67. The van der Waals surface area contributed by atoms with Gasteiger partial charge in [-0.2, -0.15) is 0 Å². The molecule has 0 aliphatic carbocycles. The van der Waals surface area contributed by atoms with Gasteiger partial charge in [0.1, 0.15) is 5.69 Å². The lowest BCUT2D eigenvalue weighted by atomic mass is 10.0. The summed E-state index contributed by atoms with van der Waals surface area (Å²) in [6.45, 7) is 0. The van der Waals surface area contributed by atoms with Crippen LogP contribution in [0.2, 0.25) is 0 Å². The fraction of sp³-hybridized carbons (Fsp3) is 0. The molecule has 0 spiro atoms. The van der Waals surface area contributed by atoms with Crippen molar-refractivity contribution in [3.05, 3.63) is 53.9 Å². The average molecular weight is 242 g/mol. The number of pyridine rings is 1. The minimum absolute atomic E-state index is 0.0445. The molecule has 0 saturated heterocycles. The van der Waals surface area contributed by atoms with Crippen LogP contribution in [-0.2, 0) is 0 Å². The Hall–Kier alpha value is -2.69. The predicted octanol–water partition coefficient (Wildman–Crippen LogP) is 1.55. The van der Waals surface area contributed by atoms with E-state index in [1.165, 1.54) is 12.3 Å². The third kappa shape index (κ3) is 2.35. The maximum atomic E-state index is 11.1. The smallest absolute Gasteiger partial charge is 0.354 e. The number of carbonyl (C=O) groups is 2. The number of rotatable bonds is 3. The molecule has 0 fully saturated rings. The van der Waals surface area contributed by atoms with Crippen molar-refractivity contribution < 1.29 is 14.7 Å². The number of benzene rings is 1. The van der Waals surface area contributed by atoms with Crippen LogP contribution in [0, 0.1) is 0 Å². The molecule has 5 heteroatoms. The summed E-state index contributed by atoms with van der Waals surface area (Å²) in [5.41, 5.74) is 6.92. The fourth-order valence-electron chi connectivity index (χ4n) is 1.58. The Labute approximate surface area is 103 Å². The summed E-state index contributed by atoms with van der Waals surface area (Å²) in [5, 5.41) is 8.86. The number of aromatic carboxylic acids is 1. The van der Waals surface area contributed by atoms with E-state index in [0.717, 1.165) is 5.56 Å². The number of nitrogens with zero attached hydrogens (tertiary/aromatic N) is 1. The molecule has 18 heavy (non-hydrogen) atoms. The molecule has 0 saturated carbocycles. The summed E-state index contributed by atoms with van der Waals surface area (Å²) in [4.78, 5) is 25.6. The van der Waals surface area contributed by atoms with E-state index in [2.05, 4.69) is 4.98 Å². The topological polar surface area (TPSA) is 93.3 Å². The van der Waals surface area contributed by atoms with Crippen molar-refractivity contribution in [2.75, 3.05) is 0 Å². The van der Waals surface area contributed by atoms with Crippen LogP contribution in [0.25, 0.3) is 11.1 Å². The van der Waals surface area contributed by atoms with Crippen molar-refractivity contribution in [3.8, 4) is 11.1 Å². The lowest BCUT2D eigenvalue weighted by Gasteiger charge is -2.04. The zero-order chi connectivity index (χ0) is 13.1. The monoisotopic (exact) mass is 242 g/mol. The Balaban J connectivity index is 2.48. The van der Waals surface area contributed by atoms with Gasteiger partial charge >= 0.3 is 5.97 Å². The first-order chi connectivity index (χ1) is 8.58. The summed E-state index contributed by atoms with van der Waals surface area (Å²) in [7, 11) is 0. The second-order valence-corrected chi connectivity index (χ2v) is 3.68. The van der Waals surface area contributed by atoms with Crippen molar-refractivity contribution >= 4 is 11.9 Å². The molecule has 0 aliphatic rings. The number of carboxylic acid groups (broad SMARTS) is 1. The molecular weight excluding hydrogens is 232 g/mol. The SMILES string of the molecule is NC(=O)c1cccc(-c2ccnc(C(=O)O)c2)c1. The van der Waals surface area contributed by atoms with E-state index >= 15 is 0 Å². The van der Waals surface area contributed by atoms with Gasteiger partial charge in [0.05, 0.1) is 0 Å². The largest absolute Gasteiger partial charge is 0.477 e. The van der Waals surface area contributed by atoms with E-state index < -0.39 is 11.9 Å². The predicted molar refractivity (Wildman–Crippen MR) is 65.2 cm³/mol. The highest BCUT2D eigenvalue weighted by atomic mass is 16.4. The van der Waals surface area contributed by atoms with Crippen LogP contribution >= 0.6 is 0 Å². The summed E-state index contributed by atoms with van der Waals surface area (Å²) in [5.74, 6) is -1.62. The van der Waals surface area contributed by atoms with E-state index in [1.54, 1.807) is 30.3 Å². The van der Waals surface area contributed by atoms with E-state index in [4.69, 9.17) is 10.8 Å². The van der Waals surface area contributed by atoms with Gasteiger partial charge in [-0.3, -0.25) is 4.79 Å². The molecule has 1 aromatic carbocycles. The highest BCUT2D eigenvalue weighted by molar-refractivity contribution is 5.94. The maximum Gasteiger partial charge on any atom is 0.354 e. The normalized spacial score (nSPS) is 10.0. The van der Waals surface area contributed by atoms with Crippen LogP contribution in [0.5, 0.6) is 0 Å². The summed E-state index contributed by atoms with van der Waals surface area (Å²) in [6.07, 6.45) is 1.41. The fourth-order valence-corrected chi connectivity index (χ4v) is 1.58. The van der Waals surface area contributed by atoms with Crippen LogP contribution in [0.3, 0.4) is 0 Å². The number of nitrogens with two attached hydrogens (primary N) is 1. The van der Waals surface area contributed by atoms with Crippen molar-refractivity contribution in [1.29, 1.82) is 0 Å². The number of hydrogen-bond acceptors (Lipinski definition) is 3. The Morgan fingerprint density at radius 3 is 2.50 bits per heavy atom. The van der Waals surface area contributed by atoms with Crippen molar-refractivity contribution in [1.82, 2.24) is 4.98 Å². The molecule has 2 rings (SSSR count). The first-order valence-electron chi connectivity index (χ1n) is 5.17. The van der Waals surface area contributed by atoms with Crippen LogP contribution < -0.4 is 5.73 Å². The highest BCUT2D eigenvalue weighted by Crippen LogP contribution is 2.20. The first kappa shape index (κ1) is 11.8. The molecule has 3 N–H and O–H groups in total. The van der Waals surface area contributed by atoms with Gasteiger partial charge in [0.2, 0.25) is 5.91 Å². The van der Waals surface area contributed by atoms with Crippen LogP contribution in [0.15, 0.2) is 42.6 Å². The van der Waals surface area contributed by atoms with E-state index in [0.29, 0.717) is 11.1 Å². The molecule has 0 unspecified atom stereocenters. The van der Waals surface area contributed by atoms with Gasteiger partial charge < -0.3 is 10.8 Å². The number of amides is 1. The molecule has 1 aromatic heterocycles. The maximum absolute atomic E-state index is 11.1. The van der Waals surface area contributed by atoms with Gasteiger partial charge in [-0.1, -0.05) is 12.1 Å². The molecule has 1 heterocycles. The third-order valence-corrected chi connectivity index (χ3v) is 2.46. The Kier molecular flexibility index (Phi) is 3.05. The van der Waals surface area contributed by atoms with Gasteiger partial charge in [0.15, 0.2) is 0 Å². The summed E-state index contributed by atoms with van der Waals surface area (Å²) >= 11 is 0. The van der Waals surface area contributed by atoms with Crippen LogP contribution in [-0.4, -0.2) is 22.0 Å². The van der Waals surface area contributed by atoms with Crippen molar-refractivity contribution in [2.45, 2.75) is 0 Å². The molecular formula is C13H10N2O3. The van der Waals surface area contributed by atoms with Crippen molar-refractivity contribution in [3.63, 3.8) is 0 Å². The molecule has 0 bridgehead atoms. The van der Waals surface area contributed by atoms with Gasteiger partial charge in [0.25, 0.3) is 0 Å². The number of carbonyl (C=O) groups excluding carboxylic acids is 1. The molecule has 0 aliphatic heterocycles. The van der Waals surface area contributed by atoms with E-state index in [1.807, 2.05) is 0 Å². The standard InChI is InChI=1S/C13H10N2O3/c14-12(16)10-3-1-2-8(6-10)9-4-5-15-11(7-9)13(17)18/h1-7H,(H2,14,16)(H,17,18). The third-order valence-electron chi connectivity index (χ3n) is 2.46. The zero-order valence-corrected chi connectivity index (χ0v) is 9.33. The van der Waals surface area contributed by atoms with Gasteiger partial charge in [-0.15, -0.1) is 0 Å². The van der Waals surface area contributed by atoms with Gasteiger partial charge in [-0.05, 0) is 35.4 Å². The summed E-state index contributed by atoms with van der Waals surface area (Å²) in [6, 6.07) is 9.80. The molecule has 90 valence electrons. The number of aromatic nitrogens is 1. The minimum Gasteiger partial charge on any atom is -0.477 e. The number of primary amides is 1. The molecule has 1 amide bonds. The van der Waals surface area contributed by atoms with Gasteiger partial charge in [0, 0.05) is 11.8 Å². The Bertz CT molecular complexity index is 568. The minimum atomic E-state index is -1.09. The number of hydrogen-bond donors (Lipinski definition) is 2. The van der Waals surface area contributed by atoms with Crippen molar-refractivity contribution in [2.24, 2.45) is 5.73 Å². The first-order valence-corrected chi connectivity index (χ1v) is 5.17. The molecule has 0 atom stereocenters. The lowest BCUT2D eigenvalue weighted by molar-refractivity contribution is 0.0690. The highest BCUT2D eigenvalue weighted by Gasteiger charge is 2.07. The molecule has 0 radical (unpaired) electrons. The summed E-state index contributed by atoms with van der Waals surface area (Å²) < 4.78 is 0. The number of carboxylic acids is 1. The van der Waals surface area contributed by atoms with Crippen LogP contribution in [0.4, 0.5) is 0 Å². The van der Waals surface area contributed by atoms with E-state index in [-0.39, 0.29) is 5.69 Å². The van der Waals surface area contributed by atoms with Gasteiger partial charge in [-0.25, -0.2) is 9.78 Å².